The SMILES string of the molecule is Cc1cc2c(n1CCCN1CCCC1)CC(C)(C)CC2N. The van der Waals surface area contributed by atoms with Gasteiger partial charge in [-0.1, -0.05) is 13.8 Å². The topological polar surface area (TPSA) is 34.2 Å². The summed E-state index contributed by atoms with van der Waals surface area (Å²) < 4.78 is 2.55. The van der Waals surface area contributed by atoms with Crippen LogP contribution in [0.2, 0.25) is 0 Å². The molecule has 0 spiro atoms. The molecular formula is C18H31N3. The molecule has 0 bridgehead atoms. The number of nitrogens with zero attached hydrogens (tertiary/aromatic N) is 2. The second-order valence-corrected chi connectivity index (χ2v) is 7.89. The lowest BCUT2D eigenvalue weighted by molar-refractivity contribution is 0.272. The average Bonchev–Trinajstić information content (AvgIpc) is 2.99. The molecule has 1 fully saturated rings. The first-order valence-corrected chi connectivity index (χ1v) is 8.63. The minimum atomic E-state index is 0.224. The summed E-state index contributed by atoms with van der Waals surface area (Å²) in [6, 6.07) is 2.56. The van der Waals surface area contributed by atoms with E-state index in [1.54, 1.807) is 0 Å². The summed E-state index contributed by atoms with van der Waals surface area (Å²) >= 11 is 0. The largest absolute Gasteiger partial charge is 0.348 e. The van der Waals surface area contributed by atoms with Gasteiger partial charge in [0, 0.05) is 24.0 Å². The molecule has 3 heteroatoms. The van der Waals surface area contributed by atoms with E-state index in [-0.39, 0.29) is 6.04 Å². The highest BCUT2D eigenvalue weighted by Crippen LogP contribution is 2.40. The van der Waals surface area contributed by atoms with E-state index in [9.17, 15) is 0 Å². The fraction of sp³-hybridized carbons (Fsp3) is 0.778. The van der Waals surface area contributed by atoms with E-state index in [0.717, 1.165) is 13.0 Å². The van der Waals surface area contributed by atoms with Gasteiger partial charge in [-0.05, 0) is 75.7 Å². The fourth-order valence-electron chi connectivity index (χ4n) is 4.27. The van der Waals surface area contributed by atoms with Gasteiger partial charge < -0.3 is 15.2 Å². The van der Waals surface area contributed by atoms with Gasteiger partial charge in [0.25, 0.3) is 0 Å². The van der Waals surface area contributed by atoms with Crippen molar-refractivity contribution in [1.82, 2.24) is 9.47 Å². The molecule has 1 aliphatic carbocycles. The van der Waals surface area contributed by atoms with Crippen LogP contribution in [0, 0.1) is 12.3 Å². The predicted molar refractivity (Wildman–Crippen MR) is 88.5 cm³/mol. The Morgan fingerprint density at radius 3 is 2.67 bits per heavy atom. The molecule has 2 heterocycles. The molecule has 0 saturated carbocycles. The van der Waals surface area contributed by atoms with Crippen LogP contribution in [0.25, 0.3) is 0 Å². The third-order valence-electron chi connectivity index (χ3n) is 5.32. The van der Waals surface area contributed by atoms with Crippen LogP contribution in [-0.4, -0.2) is 29.1 Å². The van der Waals surface area contributed by atoms with E-state index in [1.165, 1.54) is 62.3 Å². The van der Waals surface area contributed by atoms with Gasteiger partial charge in [-0.15, -0.1) is 0 Å². The van der Waals surface area contributed by atoms with E-state index in [1.807, 2.05) is 0 Å². The number of hydrogen-bond acceptors (Lipinski definition) is 2. The molecule has 3 nitrogen and oxygen atoms in total. The summed E-state index contributed by atoms with van der Waals surface area (Å²) in [5, 5.41) is 0. The molecule has 1 aromatic heterocycles. The zero-order chi connectivity index (χ0) is 15.0. The summed E-state index contributed by atoms with van der Waals surface area (Å²) in [6.45, 7) is 12.0. The van der Waals surface area contributed by atoms with E-state index >= 15 is 0 Å². The maximum Gasteiger partial charge on any atom is 0.0318 e. The Balaban J connectivity index is 1.70. The van der Waals surface area contributed by atoms with Crippen LogP contribution in [0.5, 0.6) is 0 Å². The van der Waals surface area contributed by atoms with Crippen molar-refractivity contribution in [3.05, 3.63) is 23.0 Å². The van der Waals surface area contributed by atoms with Crippen molar-refractivity contribution in [3.63, 3.8) is 0 Å². The van der Waals surface area contributed by atoms with Gasteiger partial charge in [-0.25, -0.2) is 0 Å². The summed E-state index contributed by atoms with van der Waals surface area (Å²) in [7, 11) is 0. The monoisotopic (exact) mass is 289 g/mol. The van der Waals surface area contributed by atoms with Crippen molar-refractivity contribution in [2.45, 2.75) is 65.5 Å². The van der Waals surface area contributed by atoms with Crippen molar-refractivity contribution in [2.24, 2.45) is 11.1 Å². The quantitative estimate of drug-likeness (QED) is 0.923. The number of likely N-dealkylation sites (tertiary alicyclic amines) is 1. The Hall–Kier alpha value is -0.800. The Morgan fingerprint density at radius 1 is 1.24 bits per heavy atom. The average molecular weight is 289 g/mol. The van der Waals surface area contributed by atoms with Gasteiger partial charge in [0.2, 0.25) is 0 Å². The molecule has 118 valence electrons. The lowest BCUT2D eigenvalue weighted by Crippen LogP contribution is -2.30. The lowest BCUT2D eigenvalue weighted by atomic mass is 9.74. The van der Waals surface area contributed by atoms with Gasteiger partial charge >= 0.3 is 0 Å². The number of aromatic nitrogens is 1. The van der Waals surface area contributed by atoms with E-state index < -0.39 is 0 Å². The molecule has 0 radical (unpaired) electrons. The number of hydrogen-bond donors (Lipinski definition) is 1. The molecule has 0 aromatic carbocycles. The first kappa shape index (κ1) is 15.1. The van der Waals surface area contributed by atoms with Crippen LogP contribution in [-0.2, 0) is 13.0 Å². The molecular weight excluding hydrogens is 258 g/mol. The van der Waals surface area contributed by atoms with Gasteiger partial charge in [-0.2, -0.15) is 0 Å². The Kier molecular flexibility index (Phi) is 4.15. The summed E-state index contributed by atoms with van der Waals surface area (Å²) in [6.07, 6.45) is 6.32. The van der Waals surface area contributed by atoms with Gasteiger partial charge in [-0.3, -0.25) is 0 Å². The molecule has 0 amide bonds. The summed E-state index contributed by atoms with van der Waals surface area (Å²) in [4.78, 5) is 2.61. The highest BCUT2D eigenvalue weighted by molar-refractivity contribution is 5.34. The molecule has 3 rings (SSSR count). The predicted octanol–water partition coefficient (Wildman–Crippen LogP) is 3.25. The Bertz CT molecular complexity index is 495. The van der Waals surface area contributed by atoms with E-state index in [4.69, 9.17) is 5.73 Å². The maximum absolute atomic E-state index is 6.41. The smallest absolute Gasteiger partial charge is 0.0318 e. The second-order valence-electron chi connectivity index (χ2n) is 7.89. The third kappa shape index (κ3) is 3.19. The summed E-state index contributed by atoms with van der Waals surface area (Å²) in [5.41, 5.74) is 11.1. The molecule has 2 N–H and O–H groups in total. The summed E-state index contributed by atoms with van der Waals surface area (Å²) in [5.74, 6) is 0. The molecule has 1 atom stereocenters. The van der Waals surface area contributed by atoms with E-state index in [2.05, 4.69) is 36.3 Å². The van der Waals surface area contributed by atoms with Crippen LogP contribution in [0.3, 0.4) is 0 Å². The first-order valence-electron chi connectivity index (χ1n) is 8.63. The number of rotatable bonds is 4. The number of nitrogens with two attached hydrogens (primary N) is 1. The maximum atomic E-state index is 6.41. The van der Waals surface area contributed by atoms with Crippen LogP contribution < -0.4 is 5.73 Å². The minimum Gasteiger partial charge on any atom is -0.348 e. The van der Waals surface area contributed by atoms with Gasteiger partial charge in [0.15, 0.2) is 0 Å². The number of aryl methyl sites for hydroxylation is 1. The molecule has 1 saturated heterocycles. The van der Waals surface area contributed by atoms with Crippen molar-refractivity contribution < 1.29 is 0 Å². The minimum absolute atomic E-state index is 0.224. The zero-order valence-corrected chi connectivity index (χ0v) is 14.0. The standard InChI is InChI=1S/C18H31N3/c1-14-11-15-16(19)12-18(2,3)13-17(15)21(14)10-6-9-20-7-4-5-8-20/h11,16H,4-10,12-13,19H2,1-3H3. The van der Waals surface area contributed by atoms with Crippen molar-refractivity contribution in [3.8, 4) is 0 Å². The molecule has 2 aliphatic rings. The highest BCUT2D eigenvalue weighted by atomic mass is 15.1. The molecule has 1 aromatic rings. The third-order valence-corrected chi connectivity index (χ3v) is 5.32. The van der Waals surface area contributed by atoms with Crippen molar-refractivity contribution in [2.75, 3.05) is 19.6 Å². The molecule has 1 unspecified atom stereocenters. The van der Waals surface area contributed by atoms with Crippen molar-refractivity contribution >= 4 is 0 Å². The fourth-order valence-corrected chi connectivity index (χ4v) is 4.27. The Morgan fingerprint density at radius 2 is 1.95 bits per heavy atom. The number of fused-ring (bicyclic) bond motifs is 1. The lowest BCUT2D eigenvalue weighted by Gasteiger charge is -2.34. The van der Waals surface area contributed by atoms with Crippen LogP contribution in [0.4, 0.5) is 0 Å². The molecule has 1 aliphatic heterocycles. The highest BCUT2D eigenvalue weighted by Gasteiger charge is 2.33. The van der Waals surface area contributed by atoms with Crippen LogP contribution in [0.15, 0.2) is 6.07 Å². The van der Waals surface area contributed by atoms with Crippen molar-refractivity contribution in [1.29, 1.82) is 0 Å². The zero-order valence-electron chi connectivity index (χ0n) is 14.0. The van der Waals surface area contributed by atoms with E-state index in [0.29, 0.717) is 5.41 Å². The second kappa shape index (κ2) is 5.77. The van der Waals surface area contributed by atoms with Crippen LogP contribution in [0.1, 0.15) is 62.5 Å². The van der Waals surface area contributed by atoms with Crippen LogP contribution >= 0.6 is 0 Å². The van der Waals surface area contributed by atoms with Gasteiger partial charge in [0.05, 0.1) is 0 Å². The first-order chi connectivity index (χ1) is 9.96. The molecule has 21 heavy (non-hydrogen) atoms. The normalized spacial score (nSPS) is 25.2. The van der Waals surface area contributed by atoms with Gasteiger partial charge in [0.1, 0.15) is 0 Å². The Labute approximate surface area is 129 Å².